The fourth-order valence-electron chi connectivity index (χ4n) is 2.74. The van der Waals surface area contributed by atoms with E-state index in [0.717, 1.165) is 24.3 Å². The molecule has 1 heterocycles. The number of hydrogen-bond donors (Lipinski definition) is 3. The van der Waals surface area contributed by atoms with E-state index in [2.05, 4.69) is 36.0 Å². The maximum atomic E-state index is 5.87. The zero-order valence-corrected chi connectivity index (χ0v) is 12.9. The van der Waals surface area contributed by atoms with Gasteiger partial charge in [0.1, 0.15) is 12.4 Å². The number of nitrogen functional groups attached to an aromatic ring is 1. The zero-order valence-electron chi connectivity index (χ0n) is 12.9. The van der Waals surface area contributed by atoms with Crippen molar-refractivity contribution in [3.05, 3.63) is 59.7 Å². The average molecular weight is 297 g/mol. The van der Waals surface area contributed by atoms with Crippen LogP contribution in [0.15, 0.2) is 48.5 Å². The molecular weight excluding hydrogens is 274 g/mol. The highest BCUT2D eigenvalue weighted by atomic mass is 16.5. The first-order chi connectivity index (χ1) is 10.7. The topological polar surface area (TPSA) is 59.3 Å². The third-order valence-electron chi connectivity index (χ3n) is 4.08. The summed E-state index contributed by atoms with van der Waals surface area (Å²) < 4.78 is 5.87. The Hall–Kier alpha value is -2.04. The number of aryl methyl sites for hydroxylation is 1. The third kappa shape index (κ3) is 3.59. The number of benzene rings is 2. The smallest absolute Gasteiger partial charge is 0.119 e. The molecule has 0 aliphatic carbocycles. The van der Waals surface area contributed by atoms with Crippen LogP contribution in [0.3, 0.4) is 0 Å². The second-order valence-corrected chi connectivity index (χ2v) is 5.75. The van der Waals surface area contributed by atoms with Crippen molar-refractivity contribution in [3.8, 4) is 5.75 Å². The van der Waals surface area contributed by atoms with Crippen LogP contribution in [-0.2, 0) is 6.42 Å². The van der Waals surface area contributed by atoms with E-state index in [-0.39, 0.29) is 12.1 Å². The highest BCUT2D eigenvalue weighted by Gasteiger charge is 2.25. The molecule has 1 aliphatic rings. The van der Waals surface area contributed by atoms with Crippen molar-refractivity contribution >= 4 is 5.69 Å². The summed E-state index contributed by atoms with van der Waals surface area (Å²) in [6.07, 6.45) is 2.03. The van der Waals surface area contributed by atoms with Gasteiger partial charge >= 0.3 is 0 Å². The van der Waals surface area contributed by atoms with E-state index < -0.39 is 0 Å². The summed E-state index contributed by atoms with van der Waals surface area (Å²) in [7, 11) is 0. The van der Waals surface area contributed by atoms with Gasteiger partial charge in [-0.3, -0.25) is 5.43 Å². The molecule has 4 N–H and O–H groups in total. The van der Waals surface area contributed by atoms with Crippen LogP contribution in [0, 0.1) is 0 Å². The van der Waals surface area contributed by atoms with Crippen LogP contribution in [0.25, 0.3) is 0 Å². The minimum absolute atomic E-state index is 0.277. The number of anilines is 1. The Bertz CT molecular complexity index is 612. The molecule has 0 amide bonds. The molecule has 2 atom stereocenters. The van der Waals surface area contributed by atoms with Crippen molar-refractivity contribution in [1.29, 1.82) is 0 Å². The maximum Gasteiger partial charge on any atom is 0.119 e. The van der Waals surface area contributed by atoms with Gasteiger partial charge in [-0.25, -0.2) is 5.43 Å². The highest BCUT2D eigenvalue weighted by Crippen LogP contribution is 2.24. The molecule has 1 saturated heterocycles. The van der Waals surface area contributed by atoms with E-state index in [1.54, 1.807) is 0 Å². The minimum Gasteiger partial charge on any atom is -0.492 e. The Kier molecular flexibility index (Phi) is 4.61. The van der Waals surface area contributed by atoms with Gasteiger partial charge < -0.3 is 10.5 Å². The monoisotopic (exact) mass is 297 g/mol. The molecule has 1 fully saturated rings. The predicted molar refractivity (Wildman–Crippen MR) is 89.6 cm³/mol. The second kappa shape index (κ2) is 6.81. The van der Waals surface area contributed by atoms with Gasteiger partial charge in [0.25, 0.3) is 0 Å². The van der Waals surface area contributed by atoms with Gasteiger partial charge in [-0.1, -0.05) is 31.2 Å². The Morgan fingerprint density at radius 2 is 1.95 bits per heavy atom. The van der Waals surface area contributed by atoms with Crippen LogP contribution in [-0.4, -0.2) is 12.6 Å². The number of hydrogen-bond acceptors (Lipinski definition) is 4. The van der Waals surface area contributed by atoms with E-state index >= 15 is 0 Å². The average Bonchev–Trinajstić information content (AvgIpc) is 3.02. The Morgan fingerprint density at radius 1 is 1.14 bits per heavy atom. The van der Waals surface area contributed by atoms with Gasteiger partial charge in [-0.05, 0) is 48.2 Å². The molecular formula is C18H23N3O. The summed E-state index contributed by atoms with van der Waals surface area (Å²) in [6.45, 7) is 2.80. The van der Waals surface area contributed by atoms with Crippen molar-refractivity contribution in [2.45, 2.75) is 31.8 Å². The van der Waals surface area contributed by atoms with E-state index in [1.165, 1.54) is 11.1 Å². The number of hydrazine groups is 1. The Balaban J connectivity index is 1.52. The van der Waals surface area contributed by atoms with Gasteiger partial charge in [0.2, 0.25) is 0 Å². The first-order valence-corrected chi connectivity index (χ1v) is 7.83. The molecule has 2 aromatic rings. The molecule has 116 valence electrons. The lowest BCUT2D eigenvalue weighted by molar-refractivity contribution is 0.272. The lowest BCUT2D eigenvalue weighted by atomic mass is 10.0. The van der Waals surface area contributed by atoms with Gasteiger partial charge in [-0.15, -0.1) is 0 Å². The highest BCUT2D eigenvalue weighted by molar-refractivity contribution is 5.41. The molecule has 22 heavy (non-hydrogen) atoms. The zero-order chi connectivity index (χ0) is 15.4. The fourth-order valence-corrected chi connectivity index (χ4v) is 2.74. The van der Waals surface area contributed by atoms with Gasteiger partial charge in [0, 0.05) is 11.7 Å². The number of rotatable bonds is 5. The predicted octanol–water partition coefficient (Wildman–Crippen LogP) is 2.82. The molecule has 0 spiro atoms. The van der Waals surface area contributed by atoms with Gasteiger partial charge in [0.05, 0.1) is 6.04 Å². The number of nitrogens with two attached hydrogens (primary N) is 1. The van der Waals surface area contributed by atoms with Crippen LogP contribution in [0.4, 0.5) is 5.69 Å². The van der Waals surface area contributed by atoms with Crippen LogP contribution in [0.5, 0.6) is 5.75 Å². The van der Waals surface area contributed by atoms with E-state index in [1.807, 2.05) is 30.3 Å². The Labute approximate surface area is 131 Å². The van der Waals surface area contributed by atoms with Crippen LogP contribution in [0.1, 0.15) is 30.5 Å². The fraction of sp³-hybridized carbons (Fsp3) is 0.333. The molecule has 1 aliphatic heterocycles. The summed E-state index contributed by atoms with van der Waals surface area (Å²) in [5.41, 5.74) is 15.8. The third-order valence-corrected chi connectivity index (χ3v) is 4.08. The molecule has 3 rings (SSSR count). The quantitative estimate of drug-likeness (QED) is 0.743. The molecule has 4 heteroatoms. The SMILES string of the molecule is CCc1ccc(OCC2CC(c3cccc(N)c3)NN2)cc1. The Morgan fingerprint density at radius 3 is 2.68 bits per heavy atom. The molecule has 0 saturated carbocycles. The molecule has 4 nitrogen and oxygen atoms in total. The van der Waals surface area contributed by atoms with E-state index in [4.69, 9.17) is 10.5 Å². The molecule has 0 bridgehead atoms. The summed E-state index contributed by atoms with van der Waals surface area (Å²) >= 11 is 0. The van der Waals surface area contributed by atoms with Crippen molar-refractivity contribution in [2.75, 3.05) is 12.3 Å². The normalized spacial score (nSPS) is 21.0. The van der Waals surface area contributed by atoms with Crippen molar-refractivity contribution < 1.29 is 4.74 Å². The maximum absolute atomic E-state index is 5.87. The first kappa shape index (κ1) is 14.9. The summed E-state index contributed by atoms with van der Waals surface area (Å²) in [5.74, 6) is 0.923. The first-order valence-electron chi connectivity index (χ1n) is 7.83. The summed E-state index contributed by atoms with van der Waals surface area (Å²) in [4.78, 5) is 0. The lowest BCUT2D eigenvalue weighted by Crippen LogP contribution is -2.34. The number of ether oxygens (including phenoxy) is 1. The summed E-state index contributed by atoms with van der Waals surface area (Å²) in [6, 6.07) is 16.9. The standard InChI is InChI=1S/C18H23N3O/c1-2-13-6-8-17(9-7-13)22-12-16-11-18(21-20-16)14-4-3-5-15(19)10-14/h3-10,16,18,20-21H,2,11-12,19H2,1H3. The van der Waals surface area contributed by atoms with Crippen LogP contribution in [0.2, 0.25) is 0 Å². The molecule has 0 radical (unpaired) electrons. The largest absolute Gasteiger partial charge is 0.492 e. The van der Waals surface area contributed by atoms with Gasteiger partial charge in [0.15, 0.2) is 0 Å². The lowest BCUT2D eigenvalue weighted by Gasteiger charge is -2.12. The molecule has 0 aromatic heterocycles. The minimum atomic E-state index is 0.277. The van der Waals surface area contributed by atoms with Crippen molar-refractivity contribution in [3.63, 3.8) is 0 Å². The van der Waals surface area contributed by atoms with E-state index in [9.17, 15) is 0 Å². The van der Waals surface area contributed by atoms with Crippen molar-refractivity contribution in [2.24, 2.45) is 0 Å². The van der Waals surface area contributed by atoms with Gasteiger partial charge in [-0.2, -0.15) is 0 Å². The molecule has 2 unspecified atom stereocenters. The van der Waals surface area contributed by atoms with Crippen molar-refractivity contribution in [1.82, 2.24) is 10.9 Å². The van der Waals surface area contributed by atoms with Crippen LogP contribution >= 0.6 is 0 Å². The molecule has 2 aromatic carbocycles. The summed E-state index contributed by atoms with van der Waals surface area (Å²) in [5, 5.41) is 0. The van der Waals surface area contributed by atoms with Crippen LogP contribution < -0.4 is 21.3 Å². The number of nitrogens with one attached hydrogen (secondary N) is 2. The second-order valence-electron chi connectivity index (χ2n) is 5.75. The van der Waals surface area contributed by atoms with E-state index in [0.29, 0.717) is 6.61 Å².